The summed E-state index contributed by atoms with van der Waals surface area (Å²) < 4.78 is 9.48. The second-order valence-corrected chi connectivity index (χ2v) is 3.17. The third kappa shape index (κ3) is 7.58. The summed E-state index contributed by atoms with van der Waals surface area (Å²) in [6, 6.07) is 0. The summed E-state index contributed by atoms with van der Waals surface area (Å²) in [6.45, 7) is 0. The van der Waals surface area contributed by atoms with Gasteiger partial charge in [0, 0.05) is 12.8 Å². The molecule has 0 aliphatic rings. The van der Waals surface area contributed by atoms with Crippen molar-refractivity contribution in [3.05, 3.63) is 0 Å². The van der Waals surface area contributed by atoms with E-state index in [4.69, 9.17) is 20.3 Å². The molecule has 14 heavy (non-hydrogen) atoms. The largest absolute Gasteiger partial charge is 0.484 e. The zero-order chi connectivity index (χ0) is 10.8. The van der Waals surface area contributed by atoms with Crippen molar-refractivity contribution < 1.29 is 9.47 Å². The Morgan fingerprint density at radius 1 is 0.786 bits per heavy atom. The number of nitrogens with one attached hydrogen (secondary N) is 2. The van der Waals surface area contributed by atoms with Crippen molar-refractivity contribution in [3.63, 3.8) is 0 Å². The van der Waals surface area contributed by atoms with Crippen LogP contribution in [-0.2, 0) is 9.47 Å². The average Bonchev–Trinajstić information content (AvgIpc) is 2.22. The van der Waals surface area contributed by atoms with Gasteiger partial charge in [0.05, 0.1) is 14.2 Å². The topological polar surface area (TPSA) is 66.2 Å². The van der Waals surface area contributed by atoms with E-state index in [2.05, 4.69) is 0 Å². The second-order valence-electron chi connectivity index (χ2n) is 3.17. The minimum atomic E-state index is 0.356. The molecule has 0 saturated heterocycles. The zero-order valence-corrected chi connectivity index (χ0v) is 9.06. The summed E-state index contributed by atoms with van der Waals surface area (Å²) in [5.41, 5.74) is 0. The Morgan fingerprint density at radius 2 is 1.14 bits per heavy atom. The van der Waals surface area contributed by atoms with Gasteiger partial charge in [0.15, 0.2) is 11.8 Å². The van der Waals surface area contributed by atoms with Crippen LogP contribution in [0.5, 0.6) is 0 Å². The maximum atomic E-state index is 7.24. The van der Waals surface area contributed by atoms with E-state index in [1.807, 2.05) is 0 Å². The first-order valence-corrected chi connectivity index (χ1v) is 4.93. The van der Waals surface area contributed by atoms with Crippen LogP contribution in [-0.4, -0.2) is 26.0 Å². The fraction of sp³-hybridized carbons (Fsp3) is 0.800. The normalized spacial score (nSPS) is 9.57. The minimum absolute atomic E-state index is 0.356. The molecule has 0 aliphatic heterocycles. The summed E-state index contributed by atoms with van der Waals surface area (Å²) in [4.78, 5) is 0. The van der Waals surface area contributed by atoms with Crippen molar-refractivity contribution in [2.45, 2.75) is 38.5 Å². The highest BCUT2D eigenvalue weighted by Gasteiger charge is 1.97. The van der Waals surface area contributed by atoms with E-state index in [0.717, 1.165) is 38.5 Å². The van der Waals surface area contributed by atoms with Crippen LogP contribution in [0, 0.1) is 10.8 Å². The van der Waals surface area contributed by atoms with Gasteiger partial charge in [-0.2, -0.15) is 0 Å². The van der Waals surface area contributed by atoms with Crippen molar-refractivity contribution in [2.75, 3.05) is 14.2 Å². The van der Waals surface area contributed by atoms with Crippen molar-refractivity contribution in [2.24, 2.45) is 0 Å². The molecule has 82 valence electrons. The lowest BCUT2D eigenvalue weighted by Crippen LogP contribution is -1.99. The third-order valence-electron chi connectivity index (χ3n) is 2.05. The quantitative estimate of drug-likeness (QED) is 0.377. The maximum absolute atomic E-state index is 7.24. The standard InChI is InChI=1S/C10H20N2O2/c1-13-9(11)7-5-3-4-6-8-10(12)14-2/h11-12H,3-8H2,1-2H3. The number of methoxy groups -OCH3 is 2. The molecule has 0 heterocycles. The van der Waals surface area contributed by atoms with Crippen LogP contribution in [0.1, 0.15) is 38.5 Å². The van der Waals surface area contributed by atoms with Gasteiger partial charge < -0.3 is 9.47 Å². The lowest BCUT2D eigenvalue weighted by atomic mass is 10.1. The third-order valence-corrected chi connectivity index (χ3v) is 2.05. The first kappa shape index (κ1) is 12.9. The van der Waals surface area contributed by atoms with Gasteiger partial charge in [-0.3, -0.25) is 10.8 Å². The molecular weight excluding hydrogens is 180 g/mol. The Balaban J connectivity index is 3.14. The van der Waals surface area contributed by atoms with Crippen LogP contribution in [0.15, 0.2) is 0 Å². The van der Waals surface area contributed by atoms with Gasteiger partial charge in [-0.15, -0.1) is 0 Å². The molecule has 0 radical (unpaired) electrons. The molecule has 0 fully saturated rings. The molecule has 0 aromatic rings. The molecule has 0 aromatic heterocycles. The van der Waals surface area contributed by atoms with Gasteiger partial charge in [-0.05, 0) is 12.8 Å². The number of hydrogen-bond acceptors (Lipinski definition) is 4. The highest BCUT2D eigenvalue weighted by Crippen LogP contribution is 2.06. The molecule has 0 amide bonds. The predicted molar refractivity (Wildman–Crippen MR) is 57.2 cm³/mol. The van der Waals surface area contributed by atoms with E-state index in [1.165, 1.54) is 14.2 Å². The Morgan fingerprint density at radius 3 is 1.43 bits per heavy atom. The highest BCUT2D eigenvalue weighted by atomic mass is 16.5. The van der Waals surface area contributed by atoms with Crippen LogP contribution < -0.4 is 0 Å². The van der Waals surface area contributed by atoms with Crippen LogP contribution in [0.25, 0.3) is 0 Å². The molecular formula is C10H20N2O2. The van der Waals surface area contributed by atoms with Crippen LogP contribution in [0.2, 0.25) is 0 Å². The van der Waals surface area contributed by atoms with E-state index >= 15 is 0 Å². The molecule has 0 atom stereocenters. The molecule has 4 heteroatoms. The Kier molecular flexibility index (Phi) is 7.89. The number of unbranched alkanes of at least 4 members (excludes halogenated alkanes) is 3. The molecule has 0 saturated carbocycles. The highest BCUT2D eigenvalue weighted by molar-refractivity contribution is 5.72. The Bertz CT molecular complexity index is 161. The minimum Gasteiger partial charge on any atom is -0.484 e. The summed E-state index contributed by atoms with van der Waals surface area (Å²) in [7, 11) is 3.06. The summed E-state index contributed by atoms with van der Waals surface area (Å²) in [5.74, 6) is 0.712. The van der Waals surface area contributed by atoms with Crippen molar-refractivity contribution in [1.82, 2.24) is 0 Å². The molecule has 0 aliphatic carbocycles. The van der Waals surface area contributed by atoms with E-state index in [-0.39, 0.29) is 0 Å². The fourth-order valence-electron chi connectivity index (χ4n) is 1.13. The zero-order valence-electron chi connectivity index (χ0n) is 9.06. The molecule has 4 nitrogen and oxygen atoms in total. The Labute approximate surface area is 85.6 Å². The van der Waals surface area contributed by atoms with Crippen molar-refractivity contribution in [1.29, 1.82) is 10.8 Å². The molecule has 0 spiro atoms. The lowest BCUT2D eigenvalue weighted by Gasteiger charge is -2.03. The number of rotatable bonds is 7. The van der Waals surface area contributed by atoms with E-state index in [9.17, 15) is 0 Å². The number of ether oxygens (including phenoxy) is 2. The molecule has 0 unspecified atom stereocenters. The molecule has 0 aromatic carbocycles. The van der Waals surface area contributed by atoms with Gasteiger partial charge in [0.2, 0.25) is 0 Å². The van der Waals surface area contributed by atoms with Crippen molar-refractivity contribution in [3.8, 4) is 0 Å². The smallest absolute Gasteiger partial charge is 0.180 e. The van der Waals surface area contributed by atoms with Crippen LogP contribution >= 0.6 is 0 Å². The average molecular weight is 200 g/mol. The van der Waals surface area contributed by atoms with Gasteiger partial charge >= 0.3 is 0 Å². The van der Waals surface area contributed by atoms with E-state index in [1.54, 1.807) is 0 Å². The maximum Gasteiger partial charge on any atom is 0.180 e. The first-order chi connectivity index (χ1) is 6.70. The summed E-state index contributed by atoms with van der Waals surface area (Å²) >= 11 is 0. The summed E-state index contributed by atoms with van der Waals surface area (Å²) in [6.07, 6.45) is 5.60. The summed E-state index contributed by atoms with van der Waals surface area (Å²) in [5, 5.41) is 14.5. The van der Waals surface area contributed by atoms with Crippen molar-refractivity contribution >= 4 is 11.8 Å². The van der Waals surface area contributed by atoms with Gasteiger partial charge in [0.1, 0.15) is 0 Å². The lowest BCUT2D eigenvalue weighted by molar-refractivity contribution is 0.379. The van der Waals surface area contributed by atoms with E-state index < -0.39 is 0 Å². The van der Waals surface area contributed by atoms with Gasteiger partial charge in [-0.25, -0.2) is 0 Å². The SMILES string of the molecule is COC(=N)CCCCCCC(=N)OC. The first-order valence-electron chi connectivity index (χ1n) is 4.93. The van der Waals surface area contributed by atoms with Gasteiger partial charge in [0.25, 0.3) is 0 Å². The van der Waals surface area contributed by atoms with Crippen LogP contribution in [0.4, 0.5) is 0 Å². The number of hydrogen-bond donors (Lipinski definition) is 2. The van der Waals surface area contributed by atoms with E-state index in [0.29, 0.717) is 11.8 Å². The monoisotopic (exact) mass is 200 g/mol. The predicted octanol–water partition coefficient (Wildman–Crippen LogP) is 2.57. The molecule has 0 bridgehead atoms. The van der Waals surface area contributed by atoms with Crippen LogP contribution in [0.3, 0.4) is 0 Å². The molecule has 2 N–H and O–H groups in total. The van der Waals surface area contributed by atoms with Gasteiger partial charge in [-0.1, -0.05) is 12.8 Å². The second kappa shape index (κ2) is 8.53. The Hall–Kier alpha value is -1.06. The fourth-order valence-corrected chi connectivity index (χ4v) is 1.13. The molecule has 0 rings (SSSR count).